The van der Waals surface area contributed by atoms with Crippen molar-refractivity contribution in [2.24, 2.45) is 17.1 Å². The third kappa shape index (κ3) is 5.50. The number of halogens is 2. The molecule has 2 N–H and O–H groups in total. The zero-order valence-corrected chi connectivity index (χ0v) is 14.6. The van der Waals surface area contributed by atoms with Gasteiger partial charge in [-0.1, -0.05) is 56.1 Å². The molecular weight excluding hydrogens is 307 g/mol. The molecule has 1 rings (SSSR count). The van der Waals surface area contributed by atoms with E-state index in [1.165, 1.54) is 0 Å². The zero-order chi connectivity index (χ0) is 16.2. The van der Waals surface area contributed by atoms with Crippen molar-refractivity contribution in [1.29, 1.82) is 0 Å². The Bertz CT molecular complexity index is 498. The number of nitrogens with two attached hydrogens (primary N) is 1. The maximum atomic E-state index is 12.5. The molecule has 0 aromatic heterocycles. The fourth-order valence-electron chi connectivity index (χ4n) is 2.33. The molecule has 0 radical (unpaired) electrons. The summed E-state index contributed by atoms with van der Waals surface area (Å²) < 4.78 is 0. The fraction of sp³-hybridized carbons (Fsp3) is 0.562. The molecule has 1 aromatic rings. The highest BCUT2D eigenvalue weighted by Crippen LogP contribution is 2.28. The minimum absolute atomic E-state index is 0.0449. The second-order valence-corrected chi connectivity index (χ2v) is 7.39. The Morgan fingerprint density at radius 3 is 2.48 bits per heavy atom. The predicted octanol–water partition coefficient (Wildman–Crippen LogP) is 3.96. The molecule has 0 aliphatic carbocycles. The molecule has 0 fully saturated rings. The van der Waals surface area contributed by atoms with Gasteiger partial charge in [0, 0.05) is 20.1 Å². The molecule has 21 heavy (non-hydrogen) atoms. The van der Waals surface area contributed by atoms with Crippen molar-refractivity contribution >= 4 is 29.1 Å². The van der Waals surface area contributed by atoms with Gasteiger partial charge in [0.05, 0.1) is 16.0 Å². The van der Waals surface area contributed by atoms with Gasteiger partial charge >= 0.3 is 0 Å². The van der Waals surface area contributed by atoms with Crippen molar-refractivity contribution in [2.45, 2.75) is 33.7 Å². The highest BCUT2D eigenvalue weighted by molar-refractivity contribution is 6.42. The van der Waals surface area contributed by atoms with Crippen LogP contribution in [0.1, 0.15) is 32.8 Å². The van der Waals surface area contributed by atoms with E-state index in [0.717, 1.165) is 12.0 Å². The maximum absolute atomic E-state index is 12.5. The van der Waals surface area contributed by atoms with Crippen LogP contribution in [0.15, 0.2) is 18.2 Å². The maximum Gasteiger partial charge on any atom is 0.227 e. The zero-order valence-electron chi connectivity index (χ0n) is 13.1. The topological polar surface area (TPSA) is 46.3 Å². The van der Waals surface area contributed by atoms with Gasteiger partial charge in [0.2, 0.25) is 5.91 Å². The Balaban J connectivity index is 2.80. The molecule has 3 nitrogen and oxygen atoms in total. The lowest BCUT2D eigenvalue weighted by atomic mass is 9.84. The summed E-state index contributed by atoms with van der Waals surface area (Å²) in [7, 11) is 1.77. The van der Waals surface area contributed by atoms with Crippen LogP contribution in [0.3, 0.4) is 0 Å². The first kappa shape index (κ1) is 18.3. The van der Waals surface area contributed by atoms with Crippen LogP contribution in [0, 0.1) is 11.3 Å². The Labute approximate surface area is 137 Å². The van der Waals surface area contributed by atoms with Crippen LogP contribution in [-0.4, -0.2) is 24.4 Å². The third-order valence-corrected chi connectivity index (χ3v) is 4.17. The van der Waals surface area contributed by atoms with Crippen molar-refractivity contribution in [3.05, 3.63) is 33.8 Å². The Morgan fingerprint density at radius 2 is 1.95 bits per heavy atom. The quantitative estimate of drug-likeness (QED) is 0.888. The van der Waals surface area contributed by atoms with Crippen LogP contribution in [0.25, 0.3) is 0 Å². The van der Waals surface area contributed by atoms with Gasteiger partial charge in [-0.05, 0) is 23.5 Å². The van der Waals surface area contributed by atoms with Crippen molar-refractivity contribution < 1.29 is 4.79 Å². The lowest BCUT2D eigenvalue weighted by Gasteiger charge is -2.28. The first-order valence-corrected chi connectivity index (χ1v) is 7.79. The largest absolute Gasteiger partial charge is 0.341 e. The van der Waals surface area contributed by atoms with Gasteiger partial charge in [0.15, 0.2) is 0 Å². The van der Waals surface area contributed by atoms with Crippen molar-refractivity contribution in [2.75, 3.05) is 13.6 Å². The van der Waals surface area contributed by atoms with Crippen LogP contribution in [0.4, 0.5) is 0 Å². The molecule has 0 saturated heterocycles. The van der Waals surface area contributed by atoms with E-state index in [4.69, 9.17) is 28.9 Å². The Kier molecular flexibility index (Phi) is 6.51. The van der Waals surface area contributed by atoms with E-state index in [1.54, 1.807) is 18.0 Å². The number of carbonyl (C=O) groups is 1. The third-order valence-electron chi connectivity index (χ3n) is 3.31. The van der Waals surface area contributed by atoms with Crippen molar-refractivity contribution in [3.63, 3.8) is 0 Å². The summed E-state index contributed by atoms with van der Waals surface area (Å²) in [5.41, 5.74) is 6.67. The second-order valence-electron chi connectivity index (χ2n) is 6.60. The monoisotopic (exact) mass is 330 g/mol. The number of nitrogens with zero attached hydrogens (tertiary/aromatic N) is 1. The van der Waals surface area contributed by atoms with Gasteiger partial charge < -0.3 is 10.6 Å². The van der Waals surface area contributed by atoms with Crippen molar-refractivity contribution in [1.82, 2.24) is 4.90 Å². The number of amides is 1. The SMILES string of the molecule is CN(Cc1cccc(Cl)c1Cl)C(=O)C(CN)CC(C)(C)C. The average molecular weight is 331 g/mol. The fourth-order valence-corrected chi connectivity index (χ4v) is 2.71. The first-order chi connectivity index (χ1) is 9.65. The summed E-state index contributed by atoms with van der Waals surface area (Å²) in [6, 6.07) is 5.44. The Morgan fingerprint density at radius 1 is 1.33 bits per heavy atom. The highest BCUT2D eigenvalue weighted by Gasteiger charge is 2.26. The molecular formula is C16H24Cl2N2O. The van der Waals surface area contributed by atoms with Gasteiger partial charge in [-0.3, -0.25) is 4.79 Å². The molecule has 1 unspecified atom stereocenters. The minimum Gasteiger partial charge on any atom is -0.341 e. The van der Waals surface area contributed by atoms with E-state index in [9.17, 15) is 4.79 Å². The normalized spacial score (nSPS) is 13.1. The van der Waals surface area contributed by atoms with Gasteiger partial charge in [-0.25, -0.2) is 0 Å². The van der Waals surface area contributed by atoms with E-state index < -0.39 is 0 Å². The van der Waals surface area contributed by atoms with Gasteiger partial charge in [0.25, 0.3) is 0 Å². The van der Waals surface area contributed by atoms with Gasteiger partial charge in [-0.2, -0.15) is 0 Å². The lowest BCUT2D eigenvalue weighted by Crippen LogP contribution is -2.38. The van der Waals surface area contributed by atoms with E-state index in [-0.39, 0.29) is 17.2 Å². The predicted molar refractivity (Wildman–Crippen MR) is 89.6 cm³/mol. The van der Waals surface area contributed by atoms with Crippen LogP contribution < -0.4 is 5.73 Å². The molecule has 0 spiro atoms. The molecule has 0 heterocycles. The number of hydrogen-bond acceptors (Lipinski definition) is 2. The second kappa shape index (κ2) is 7.48. The lowest BCUT2D eigenvalue weighted by molar-refractivity contribution is -0.135. The van der Waals surface area contributed by atoms with Crippen LogP contribution in [-0.2, 0) is 11.3 Å². The molecule has 0 bridgehead atoms. The Hall–Kier alpha value is -0.770. The van der Waals surface area contributed by atoms with E-state index in [2.05, 4.69) is 20.8 Å². The van der Waals surface area contributed by atoms with Gasteiger partial charge in [0.1, 0.15) is 0 Å². The molecule has 5 heteroatoms. The van der Waals surface area contributed by atoms with E-state index >= 15 is 0 Å². The van der Waals surface area contributed by atoms with E-state index in [1.807, 2.05) is 12.1 Å². The molecule has 0 saturated carbocycles. The molecule has 1 amide bonds. The van der Waals surface area contributed by atoms with Crippen LogP contribution in [0.2, 0.25) is 10.0 Å². The number of hydrogen-bond donors (Lipinski definition) is 1. The highest BCUT2D eigenvalue weighted by atomic mass is 35.5. The summed E-state index contributed by atoms with van der Waals surface area (Å²) in [6.45, 7) is 7.10. The summed E-state index contributed by atoms with van der Waals surface area (Å²) in [5.74, 6) is -0.128. The molecule has 1 aromatic carbocycles. The smallest absolute Gasteiger partial charge is 0.227 e. The summed E-state index contributed by atoms with van der Waals surface area (Å²) in [6.07, 6.45) is 0.760. The summed E-state index contributed by atoms with van der Waals surface area (Å²) in [5, 5.41) is 0.999. The first-order valence-electron chi connectivity index (χ1n) is 7.03. The number of rotatable bonds is 5. The summed E-state index contributed by atoms with van der Waals surface area (Å²) in [4.78, 5) is 14.2. The molecule has 0 aliphatic rings. The van der Waals surface area contributed by atoms with E-state index in [0.29, 0.717) is 23.1 Å². The average Bonchev–Trinajstić information content (AvgIpc) is 2.39. The molecule has 118 valence electrons. The summed E-state index contributed by atoms with van der Waals surface area (Å²) >= 11 is 12.2. The molecule has 0 aliphatic heterocycles. The number of benzene rings is 1. The van der Waals surface area contributed by atoms with Crippen molar-refractivity contribution in [3.8, 4) is 0 Å². The van der Waals surface area contributed by atoms with Crippen LogP contribution >= 0.6 is 23.2 Å². The van der Waals surface area contributed by atoms with Crippen LogP contribution in [0.5, 0.6) is 0 Å². The number of carbonyl (C=O) groups excluding carboxylic acids is 1. The minimum atomic E-state index is -0.173. The molecule has 1 atom stereocenters. The van der Waals surface area contributed by atoms with Gasteiger partial charge in [-0.15, -0.1) is 0 Å². The standard InChI is InChI=1S/C16H24Cl2N2O/c1-16(2,3)8-12(9-19)15(21)20(4)10-11-6-5-7-13(17)14(11)18/h5-7,12H,8-10,19H2,1-4H3.